The normalized spacial score (nSPS) is 11.2. The molecule has 0 aliphatic carbocycles. The number of pyridine rings is 2. The Labute approximate surface area is 189 Å². The predicted octanol–water partition coefficient (Wildman–Crippen LogP) is 6.89. The minimum Gasteiger partial charge on any atom is -0.340 e. The van der Waals surface area contributed by atoms with Gasteiger partial charge < -0.3 is 4.98 Å². The zero-order chi connectivity index (χ0) is 21.4. The molecule has 0 fully saturated rings. The van der Waals surface area contributed by atoms with Crippen LogP contribution in [0.15, 0.2) is 72.9 Å². The quantitative estimate of drug-likeness (QED) is 0.328. The lowest BCUT2D eigenvalue weighted by molar-refractivity contribution is 1.03. The van der Waals surface area contributed by atoms with Crippen molar-refractivity contribution >= 4 is 34.1 Å². The molecule has 0 amide bonds. The largest absolute Gasteiger partial charge is 0.340 e. The number of imidazole rings is 1. The van der Waals surface area contributed by atoms with Gasteiger partial charge in [0.25, 0.3) is 0 Å². The molecule has 31 heavy (non-hydrogen) atoms. The fraction of sp³-hybridized carbons (Fsp3) is 0.0800. The van der Waals surface area contributed by atoms with Gasteiger partial charge in [-0.15, -0.1) is 0 Å². The van der Waals surface area contributed by atoms with Crippen molar-refractivity contribution in [1.29, 1.82) is 0 Å². The molecule has 0 aliphatic heterocycles. The third-order valence-electron chi connectivity index (χ3n) is 5.15. The van der Waals surface area contributed by atoms with Crippen LogP contribution >= 0.6 is 23.2 Å². The molecule has 5 aromatic rings. The molecule has 0 aliphatic rings. The topological polar surface area (TPSA) is 54.5 Å². The molecular weight excluding hydrogens is 427 g/mol. The van der Waals surface area contributed by atoms with Crippen LogP contribution in [0.3, 0.4) is 0 Å². The maximum atomic E-state index is 6.40. The molecule has 0 saturated heterocycles. The zero-order valence-corrected chi connectivity index (χ0v) is 18.2. The number of nitrogens with zero attached hydrogens (tertiary/aromatic N) is 3. The first kappa shape index (κ1) is 19.7. The van der Waals surface area contributed by atoms with Crippen LogP contribution < -0.4 is 0 Å². The number of halogens is 2. The first-order valence-electron chi connectivity index (χ1n) is 9.89. The fourth-order valence-corrected chi connectivity index (χ4v) is 4.13. The maximum Gasteiger partial charge on any atom is 0.111 e. The standard InChI is InChI=1S/C25H18Cl2N4/c1-15-4-2-6-22(29-15)25-24(18-8-10-21-17(12-18)5-3-11-28-21)30-23(31-25)13-16-7-9-19(26)14-20(16)27/h2-12,14H,13H2,1H3,(H,30,31). The van der Waals surface area contributed by atoms with Gasteiger partial charge in [-0.05, 0) is 55.0 Å². The summed E-state index contributed by atoms with van der Waals surface area (Å²) in [6.45, 7) is 1.98. The molecule has 3 aromatic heterocycles. The molecule has 6 heteroatoms. The number of hydrogen-bond acceptors (Lipinski definition) is 3. The van der Waals surface area contributed by atoms with E-state index >= 15 is 0 Å². The fourth-order valence-electron chi connectivity index (χ4n) is 3.65. The molecule has 152 valence electrons. The maximum absolute atomic E-state index is 6.40. The molecular formula is C25H18Cl2N4. The van der Waals surface area contributed by atoms with Gasteiger partial charge in [0.2, 0.25) is 0 Å². The van der Waals surface area contributed by atoms with Crippen LogP contribution in [0.5, 0.6) is 0 Å². The van der Waals surface area contributed by atoms with Gasteiger partial charge in [-0.3, -0.25) is 9.97 Å². The molecule has 1 N–H and O–H groups in total. The van der Waals surface area contributed by atoms with Gasteiger partial charge in [0, 0.05) is 39.3 Å². The molecule has 5 rings (SSSR count). The highest BCUT2D eigenvalue weighted by molar-refractivity contribution is 6.35. The highest BCUT2D eigenvalue weighted by atomic mass is 35.5. The van der Waals surface area contributed by atoms with Gasteiger partial charge in [-0.1, -0.05) is 47.5 Å². The summed E-state index contributed by atoms with van der Waals surface area (Å²) >= 11 is 12.5. The van der Waals surface area contributed by atoms with Crippen molar-refractivity contribution in [1.82, 2.24) is 19.9 Å². The Kier molecular flexibility index (Phi) is 5.18. The average molecular weight is 445 g/mol. The van der Waals surface area contributed by atoms with Crippen molar-refractivity contribution in [2.75, 3.05) is 0 Å². The number of rotatable bonds is 4. The number of fused-ring (bicyclic) bond motifs is 1. The van der Waals surface area contributed by atoms with E-state index in [2.05, 4.69) is 22.1 Å². The Hall–Kier alpha value is -3.21. The molecule has 4 nitrogen and oxygen atoms in total. The number of hydrogen-bond donors (Lipinski definition) is 1. The second-order valence-corrected chi connectivity index (χ2v) is 8.24. The van der Waals surface area contributed by atoms with Crippen molar-refractivity contribution in [2.45, 2.75) is 13.3 Å². The van der Waals surface area contributed by atoms with Gasteiger partial charge in [0.05, 0.1) is 22.6 Å². The lowest BCUT2D eigenvalue weighted by Crippen LogP contribution is -1.92. The molecule has 2 aromatic carbocycles. The summed E-state index contributed by atoms with van der Waals surface area (Å²) in [5, 5.41) is 2.30. The highest BCUT2D eigenvalue weighted by Gasteiger charge is 2.17. The van der Waals surface area contributed by atoms with Gasteiger partial charge in [-0.25, -0.2) is 4.98 Å². The Balaban J connectivity index is 1.64. The number of benzene rings is 2. The van der Waals surface area contributed by atoms with Crippen molar-refractivity contribution in [3.05, 3.63) is 100 Å². The minimum absolute atomic E-state index is 0.559. The molecule has 0 atom stereocenters. The molecule has 0 bridgehead atoms. The van der Waals surface area contributed by atoms with Crippen molar-refractivity contribution in [3.63, 3.8) is 0 Å². The van der Waals surface area contributed by atoms with E-state index in [-0.39, 0.29) is 0 Å². The van der Waals surface area contributed by atoms with E-state index in [0.717, 1.165) is 50.6 Å². The number of H-pyrrole nitrogens is 1. The minimum atomic E-state index is 0.559. The number of aromatic amines is 1. The summed E-state index contributed by atoms with van der Waals surface area (Å²) in [6, 6.07) is 21.7. The summed E-state index contributed by atoms with van der Waals surface area (Å²) in [4.78, 5) is 17.6. The molecule has 0 saturated carbocycles. The lowest BCUT2D eigenvalue weighted by atomic mass is 10.1. The first-order chi connectivity index (χ1) is 15.1. The monoisotopic (exact) mass is 444 g/mol. The van der Waals surface area contributed by atoms with Crippen molar-refractivity contribution in [3.8, 4) is 22.6 Å². The third-order valence-corrected chi connectivity index (χ3v) is 5.73. The van der Waals surface area contributed by atoms with E-state index in [0.29, 0.717) is 16.5 Å². The van der Waals surface area contributed by atoms with Crippen LogP contribution in [0.2, 0.25) is 10.0 Å². The van der Waals surface area contributed by atoms with Gasteiger partial charge >= 0.3 is 0 Å². The van der Waals surface area contributed by atoms with E-state index in [1.54, 1.807) is 12.3 Å². The lowest BCUT2D eigenvalue weighted by Gasteiger charge is -2.05. The van der Waals surface area contributed by atoms with Crippen molar-refractivity contribution in [2.24, 2.45) is 0 Å². The van der Waals surface area contributed by atoms with E-state index in [4.69, 9.17) is 33.2 Å². The second-order valence-electron chi connectivity index (χ2n) is 7.39. The summed E-state index contributed by atoms with van der Waals surface area (Å²) in [6.07, 6.45) is 2.36. The van der Waals surface area contributed by atoms with Crippen LogP contribution in [0.1, 0.15) is 17.1 Å². The predicted molar refractivity (Wildman–Crippen MR) is 127 cm³/mol. The number of nitrogens with one attached hydrogen (secondary N) is 1. The van der Waals surface area contributed by atoms with Crippen LogP contribution in [0, 0.1) is 6.92 Å². The Morgan fingerprint density at radius 2 is 1.81 bits per heavy atom. The smallest absolute Gasteiger partial charge is 0.111 e. The Bertz CT molecular complexity index is 1410. The van der Waals surface area contributed by atoms with Gasteiger partial charge in [0.15, 0.2) is 0 Å². The summed E-state index contributed by atoms with van der Waals surface area (Å²) in [7, 11) is 0. The van der Waals surface area contributed by atoms with Crippen LogP contribution in [-0.2, 0) is 6.42 Å². The summed E-state index contributed by atoms with van der Waals surface area (Å²) < 4.78 is 0. The van der Waals surface area contributed by atoms with Crippen LogP contribution in [0.25, 0.3) is 33.5 Å². The molecule has 0 radical (unpaired) electrons. The van der Waals surface area contributed by atoms with E-state index < -0.39 is 0 Å². The average Bonchev–Trinajstić information content (AvgIpc) is 3.19. The van der Waals surface area contributed by atoms with Crippen molar-refractivity contribution < 1.29 is 0 Å². The molecule has 3 heterocycles. The summed E-state index contributed by atoms with van der Waals surface area (Å²) in [5.41, 5.74) is 6.44. The van der Waals surface area contributed by atoms with Crippen LogP contribution in [0.4, 0.5) is 0 Å². The van der Waals surface area contributed by atoms with E-state index in [9.17, 15) is 0 Å². The zero-order valence-electron chi connectivity index (χ0n) is 16.7. The third kappa shape index (κ3) is 4.05. The van der Waals surface area contributed by atoms with Crippen LogP contribution in [-0.4, -0.2) is 19.9 Å². The van der Waals surface area contributed by atoms with Gasteiger partial charge in [0.1, 0.15) is 5.82 Å². The number of aryl methyl sites for hydroxylation is 1. The Morgan fingerprint density at radius 3 is 2.65 bits per heavy atom. The van der Waals surface area contributed by atoms with E-state index in [1.807, 2.05) is 55.5 Å². The molecule has 0 unspecified atom stereocenters. The summed E-state index contributed by atoms with van der Waals surface area (Å²) in [5.74, 6) is 0.809. The van der Waals surface area contributed by atoms with E-state index in [1.165, 1.54) is 0 Å². The second kappa shape index (κ2) is 8.14. The number of aromatic nitrogens is 4. The first-order valence-corrected chi connectivity index (χ1v) is 10.6. The van der Waals surface area contributed by atoms with Gasteiger partial charge in [-0.2, -0.15) is 0 Å². The Morgan fingerprint density at radius 1 is 0.903 bits per heavy atom. The highest BCUT2D eigenvalue weighted by Crippen LogP contribution is 2.32. The molecule has 0 spiro atoms. The SMILES string of the molecule is Cc1cccc(-c2[nH]c(Cc3ccc(Cl)cc3Cl)nc2-c2ccc3ncccc3c2)n1.